The third-order valence-corrected chi connectivity index (χ3v) is 0. The molecule has 0 aliphatic rings. The van der Waals surface area contributed by atoms with Gasteiger partial charge in [0, 0.05) is 42.1 Å². The van der Waals surface area contributed by atoms with Crippen LogP contribution in [0.1, 0.15) is 0 Å². The summed E-state index contributed by atoms with van der Waals surface area (Å²) < 4.78 is 0. The molecule has 10 N–H and O–H groups in total. The molecule has 0 saturated carbocycles. The molecule has 0 rings (SSSR count). The molecule has 7 heteroatoms. The topological polar surface area (TPSA) is 158 Å². The van der Waals surface area contributed by atoms with E-state index in [-0.39, 0.29) is 69.5 Å². The van der Waals surface area contributed by atoms with Gasteiger partial charge < -0.3 is 27.4 Å². The van der Waals surface area contributed by atoms with E-state index in [0.29, 0.717) is 0 Å². The first-order valence-electron chi connectivity index (χ1n) is 0. The SMILES string of the molecule is O.O.O.O.O.[Mo].[Mo]. The molecule has 0 aliphatic carbocycles. The van der Waals surface area contributed by atoms with Crippen molar-refractivity contribution in [2.45, 2.75) is 0 Å². The summed E-state index contributed by atoms with van der Waals surface area (Å²) in [6, 6.07) is 0. The van der Waals surface area contributed by atoms with Crippen molar-refractivity contribution < 1.29 is 69.5 Å². The van der Waals surface area contributed by atoms with Gasteiger partial charge in [-0.25, -0.2) is 0 Å². The average molecular weight is 282 g/mol. The molecule has 52 valence electrons. The summed E-state index contributed by atoms with van der Waals surface area (Å²) in [5, 5.41) is 0. The summed E-state index contributed by atoms with van der Waals surface area (Å²) in [6.07, 6.45) is 0. The van der Waals surface area contributed by atoms with Crippen LogP contribution in [0.25, 0.3) is 0 Å². The van der Waals surface area contributed by atoms with Gasteiger partial charge in [0.05, 0.1) is 0 Å². The monoisotopic (exact) mass is 286 g/mol. The maximum absolute atomic E-state index is 0. The predicted octanol–water partition coefficient (Wildman–Crippen LogP) is -4.13. The zero-order chi connectivity index (χ0) is 0. The van der Waals surface area contributed by atoms with Crippen LogP contribution in [0.15, 0.2) is 0 Å². The van der Waals surface area contributed by atoms with E-state index in [1.807, 2.05) is 0 Å². The van der Waals surface area contributed by atoms with E-state index in [4.69, 9.17) is 0 Å². The molecule has 0 fully saturated rings. The van der Waals surface area contributed by atoms with Crippen LogP contribution in [0.4, 0.5) is 0 Å². The molecule has 0 aliphatic heterocycles. The number of rotatable bonds is 0. The summed E-state index contributed by atoms with van der Waals surface area (Å²) in [5.41, 5.74) is 0. The number of hydrogen-bond donors (Lipinski definition) is 0. The molecular weight excluding hydrogens is 272 g/mol. The van der Waals surface area contributed by atoms with Crippen molar-refractivity contribution in [2.75, 3.05) is 0 Å². The molecule has 0 aromatic rings. The Morgan fingerprint density at radius 3 is 0.286 bits per heavy atom. The van der Waals surface area contributed by atoms with Crippen molar-refractivity contribution in [3.05, 3.63) is 0 Å². The largest absolute Gasteiger partial charge is 0.412 e. The predicted molar refractivity (Wildman–Crippen MR) is 18.1 cm³/mol. The molecule has 0 spiro atoms. The van der Waals surface area contributed by atoms with E-state index >= 15 is 0 Å². The first kappa shape index (κ1) is 304. The molecule has 0 amide bonds. The second kappa shape index (κ2) is 198. The van der Waals surface area contributed by atoms with Crippen LogP contribution in [-0.2, 0) is 42.1 Å². The molecule has 0 saturated heterocycles. The van der Waals surface area contributed by atoms with Crippen LogP contribution >= 0.6 is 0 Å². The van der Waals surface area contributed by atoms with E-state index in [0.717, 1.165) is 0 Å². The van der Waals surface area contributed by atoms with Gasteiger partial charge in [-0.3, -0.25) is 0 Å². The fourth-order valence-electron chi connectivity index (χ4n) is 0. The van der Waals surface area contributed by atoms with Crippen LogP contribution < -0.4 is 0 Å². The summed E-state index contributed by atoms with van der Waals surface area (Å²) in [6.45, 7) is 0. The van der Waals surface area contributed by atoms with Crippen LogP contribution in [0.3, 0.4) is 0 Å². The molecule has 0 radical (unpaired) electrons. The molecule has 0 atom stereocenters. The van der Waals surface area contributed by atoms with Crippen LogP contribution in [0.5, 0.6) is 0 Å². The van der Waals surface area contributed by atoms with Crippen LogP contribution in [0, 0.1) is 0 Å². The van der Waals surface area contributed by atoms with Gasteiger partial charge in [-0.2, -0.15) is 0 Å². The first-order chi connectivity index (χ1) is 0. The Kier molecular flexibility index (Phi) is 8590. The summed E-state index contributed by atoms with van der Waals surface area (Å²) in [4.78, 5) is 0. The van der Waals surface area contributed by atoms with Gasteiger partial charge in [0.25, 0.3) is 0 Å². The van der Waals surface area contributed by atoms with Gasteiger partial charge >= 0.3 is 0 Å². The molecule has 5 nitrogen and oxygen atoms in total. The average Bonchev–Trinajstić information content (AvgIpc) is 0. The van der Waals surface area contributed by atoms with Gasteiger partial charge in [-0.05, 0) is 0 Å². The molecule has 0 bridgehead atoms. The summed E-state index contributed by atoms with van der Waals surface area (Å²) in [5.74, 6) is 0. The fourth-order valence-corrected chi connectivity index (χ4v) is 0. The van der Waals surface area contributed by atoms with Gasteiger partial charge in [0.2, 0.25) is 0 Å². The first-order valence-corrected chi connectivity index (χ1v) is 0. The molecule has 0 heterocycles. The van der Waals surface area contributed by atoms with Gasteiger partial charge in [0.1, 0.15) is 0 Å². The second-order valence-corrected chi connectivity index (χ2v) is 0. The van der Waals surface area contributed by atoms with Crippen LogP contribution in [0.2, 0.25) is 0 Å². The van der Waals surface area contributed by atoms with Gasteiger partial charge in [-0.15, -0.1) is 0 Å². The van der Waals surface area contributed by atoms with Crippen molar-refractivity contribution >= 4 is 0 Å². The quantitative estimate of drug-likeness (QED) is 0.395. The molecule has 0 unspecified atom stereocenters. The summed E-state index contributed by atoms with van der Waals surface area (Å²) in [7, 11) is 0. The Labute approximate surface area is 69.5 Å². The minimum absolute atomic E-state index is 0. The molecule has 7 heavy (non-hydrogen) atoms. The Balaban J connectivity index is 0. The van der Waals surface area contributed by atoms with Crippen molar-refractivity contribution in [1.29, 1.82) is 0 Å². The van der Waals surface area contributed by atoms with Crippen molar-refractivity contribution in [3.8, 4) is 0 Å². The van der Waals surface area contributed by atoms with Crippen molar-refractivity contribution in [2.24, 2.45) is 0 Å². The van der Waals surface area contributed by atoms with Gasteiger partial charge in [-0.1, -0.05) is 0 Å². The Morgan fingerprint density at radius 2 is 0.286 bits per heavy atom. The van der Waals surface area contributed by atoms with Crippen molar-refractivity contribution in [1.82, 2.24) is 0 Å². The Bertz CT molecular complexity index is 6.04. The van der Waals surface area contributed by atoms with Crippen molar-refractivity contribution in [3.63, 3.8) is 0 Å². The van der Waals surface area contributed by atoms with E-state index < -0.39 is 0 Å². The van der Waals surface area contributed by atoms with E-state index in [9.17, 15) is 0 Å². The Hall–Kier alpha value is 1.18. The second-order valence-electron chi connectivity index (χ2n) is 0. The maximum atomic E-state index is 0. The standard InChI is InChI=1S/2Mo.5H2O/h;;5*1H2. The van der Waals surface area contributed by atoms with Gasteiger partial charge in [0.15, 0.2) is 0 Å². The minimum Gasteiger partial charge on any atom is -0.412 e. The third kappa shape index (κ3) is 139. The summed E-state index contributed by atoms with van der Waals surface area (Å²) >= 11 is 0. The van der Waals surface area contributed by atoms with E-state index in [1.54, 1.807) is 0 Å². The zero-order valence-corrected chi connectivity index (χ0v) is 7.33. The fraction of sp³-hybridized carbons (Fsp3) is 0. The van der Waals surface area contributed by atoms with E-state index in [1.165, 1.54) is 0 Å². The smallest absolute Gasteiger partial charge is 0 e. The normalized spacial score (nSPS) is 0. The third-order valence-electron chi connectivity index (χ3n) is 0. The molecule has 0 aromatic heterocycles. The number of hydrogen-bond acceptors (Lipinski definition) is 0. The molecule has 0 aromatic carbocycles. The minimum atomic E-state index is 0. The zero-order valence-electron chi connectivity index (χ0n) is 3.32. The van der Waals surface area contributed by atoms with Crippen LogP contribution in [-0.4, -0.2) is 27.4 Å². The van der Waals surface area contributed by atoms with E-state index in [2.05, 4.69) is 0 Å². The molecular formula is H10Mo2O5. The Morgan fingerprint density at radius 1 is 0.286 bits per heavy atom. The maximum Gasteiger partial charge on any atom is 0 e.